The van der Waals surface area contributed by atoms with Crippen LogP contribution < -0.4 is 10.6 Å². The average molecular weight is 397 g/mol. The molecule has 1 saturated carbocycles. The van der Waals surface area contributed by atoms with Crippen molar-refractivity contribution in [2.75, 3.05) is 18.4 Å². The van der Waals surface area contributed by atoms with Crippen LogP contribution in [0.1, 0.15) is 41.6 Å². The van der Waals surface area contributed by atoms with E-state index in [1.54, 1.807) is 18.2 Å². The Morgan fingerprint density at radius 2 is 1.96 bits per heavy atom. The Kier molecular flexibility index (Phi) is 4.95. The number of morpholine rings is 1. The zero-order valence-corrected chi connectivity index (χ0v) is 15.2. The molecule has 1 aromatic rings. The second kappa shape index (κ2) is 7.27. The fourth-order valence-corrected chi connectivity index (χ4v) is 4.24. The monoisotopic (exact) mass is 397 g/mol. The fourth-order valence-electron chi connectivity index (χ4n) is 4.24. The van der Waals surface area contributed by atoms with Gasteiger partial charge in [0.05, 0.1) is 12.6 Å². The lowest BCUT2D eigenvalue weighted by Crippen LogP contribution is -2.57. The molecule has 1 aromatic carbocycles. The van der Waals surface area contributed by atoms with E-state index in [1.807, 2.05) is 0 Å². The van der Waals surface area contributed by atoms with Gasteiger partial charge in [-0.2, -0.15) is 13.2 Å². The third-order valence-corrected chi connectivity index (χ3v) is 5.74. The Bertz CT molecular complexity index is 777. The molecule has 3 amide bonds. The number of anilines is 1. The maximum atomic E-state index is 13.3. The summed E-state index contributed by atoms with van der Waals surface area (Å²) in [6.45, 7) is -0.00701. The summed E-state index contributed by atoms with van der Waals surface area (Å²) >= 11 is 0. The van der Waals surface area contributed by atoms with Crippen LogP contribution in [0.25, 0.3) is 0 Å². The molecule has 9 heteroatoms. The summed E-state index contributed by atoms with van der Waals surface area (Å²) in [4.78, 5) is 25.5. The van der Waals surface area contributed by atoms with E-state index in [1.165, 1.54) is 4.90 Å². The van der Waals surface area contributed by atoms with Gasteiger partial charge >= 0.3 is 12.2 Å². The topological polar surface area (TPSA) is 70.7 Å². The predicted molar refractivity (Wildman–Crippen MR) is 94.9 cm³/mol. The van der Waals surface area contributed by atoms with Crippen LogP contribution in [0.3, 0.4) is 0 Å². The lowest BCUT2D eigenvalue weighted by atomic mass is 9.98. The number of hydrogen-bond acceptors (Lipinski definition) is 3. The quantitative estimate of drug-likeness (QED) is 0.805. The van der Waals surface area contributed by atoms with E-state index in [0.29, 0.717) is 17.8 Å². The first-order chi connectivity index (χ1) is 13.3. The molecule has 2 unspecified atom stereocenters. The van der Waals surface area contributed by atoms with Crippen molar-refractivity contribution in [2.45, 2.75) is 50.6 Å². The third kappa shape index (κ3) is 3.80. The standard InChI is InChI=1S/C19H22F3N3O3/c20-19(21,22)16-10-25(9-15(28-16)11-3-1-2-4-11)18(27)24-13-5-6-14-12(7-13)8-23-17(14)26/h5-7,11,15-16H,1-4,8-10H2,(H,23,26)(H,24,27). The van der Waals surface area contributed by atoms with Gasteiger partial charge in [-0.05, 0) is 42.5 Å². The molecule has 28 heavy (non-hydrogen) atoms. The molecule has 3 aliphatic rings. The van der Waals surface area contributed by atoms with Gasteiger partial charge in [0, 0.05) is 24.3 Å². The van der Waals surface area contributed by atoms with E-state index in [0.717, 1.165) is 31.2 Å². The van der Waals surface area contributed by atoms with Crippen LogP contribution in [0.5, 0.6) is 0 Å². The molecule has 2 N–H and O–H groups in total. The highest BCUT2D eigenvalue weighted by Gasteiger charge is 2.48. The first-order valence-electron chi connectivity index (χ1n) is 9.50. The minimum atomic E-state index is -4.52. The van der Waals surface area contributed by atoms with Gasteiger partial charge in [-0.15, -0.1) is 0 Å². The van der Waals surface area contributed by atoms with Gasteiger partial charge in [-0.1, -0.05) is 12.8 Å². The second-order valence-corrected chi connectivity index (χ2v) is 7.64. The Labute approximate surface area is 160 Å². The van der Waals surface area contributed by atoms with E-state index in [-0.39, 0.29) is 18.4 Å². The lowest BCUT2D eigenvalue weighted by Gasteiger charge is -2.40. The molecule has 1 saturated heterocycles. The molecule has 2 aliphatic heterocycles. The number of halogens is 3. The van der Waals surface area contributed by atoms with Crippen LogP contribution in [-0.4, -0.2) is 48.3 Å². The van der Waals surface area contributed by atoms with Crippen LogP contribution >= 0.6 is 0 Å². The first kappa shape index (κ1) is 19.0. The van der Waals surface area contributed by atoms with Crippen LogP contribution in [0, 0.1) is 5.92 Å². The number of amides is 3. The number of nitrogens with one attached hydrogen (secondary N) is 2. The van der Waals surface area contributed by atoms with Crippen molar-refractivity contribution < 1.29 is 27.5 Å². The fraction of sp³-hybridized carbons (Fsp3) is 0.579. The van der Waals surface area contributed by atoms with E-state index >= 15 is 0 Å². The van der Waals surface area contributed by atoms with E-state index in [2.05, 4.69) is 10.6 Å². The molecule has 152 valence electrons. The van der Waals surface area contributed by atoms with E-state index in [9.17, 15) is 22.8 Å². The van der Waals surface area contributed by atoms with E-state index in [4.69, 9.17) is 4.74 Å². The second-order valence-electron chi connectivity index (χ2n) is 7.64. The molecule has 2 heterocycles. The molecular weight excluding hydrogens is 375 g/mol. The number of ether oxygens (including phenoxy) is 1. The highest BCUT2D eigenvalue weighted by Crippen LogP contribution is 2.35. The van der Waals surface area contributed by atoms with Gasteiger partial charge < -0.3 is 20.3 Å². The number of rotatable bonds is 2. The summed E-state index contributed by atoms with van der Waals surface area (Å²) in [5, 5.41) is 5.35. The zero-order valence-electron chi connectivity index (χ0n) is 15.2. The number of benzene rings is 1. The van der Waals surface area contributed by atoms with Crippen molar-refractivity contribution in [3.05, 3.63) is 29.3 Å². The van der Waals surface area contributed by atoms with Crippen LogP contribution in [0.4, 0.5) is 23.7 Å². The molecule has 4 rings (SSSR count). The molecule has 6 nitrogen and oxygen atoms in total. The van der Waals surface area contributed by atoms with Crippen molar-refractivity contribution in [1.82, 2.24) is 10.2 Å². The van der Waals surface area contributed by atoms with Gasteiger partial charge in [0.2, 0.25) is 0 Å². The average Bonchev–Trinajstić information content (AvgIpc) is 3.31. The van der Waals surface area contributed by atoms with Crippen LogP contribution in [0.15, 0.2) is 18.2 Å². The molecule has 0 bridgehead atoms. The van der Waals surface area contributed by atoms with Gasteiger partial charge in [-0.3, -0.25) is 4.79 Å². The maximum absolute atomic E-state index is 13.3. The Morgan fingerprint density at radius 1 is 1.21 bits per heavy atom. The van der Waals surface area contributed by atoms with Gasteiger partial charge in [0.15, 0.2) is 6.10 Å². The largest absolute Gasteiger partial charge is 0.416 e. The number of fused-ring (bicyclic) bond motifs is 1. The smallest absolute Gasteiger partial charge is 0.362 e. The third-order valence-electron chi connectivity index (χ3n) is 5.74. The number of carbonyl (C=O) groups excluding carboxylic acids is 2. The van der Waals surface area contributed by atoms with Crippen LogP contribution in [-0.2, 0) is 11.3 Å². The Hall–Kier alpha value is -2.29. The molecule has 1 aliphatic carbocycles. The Balaban J connectivity index is 1.48. The van der Waals surface area contributed by atoms with Crippen LogP contribution in [0.2, 0.25) is 0 Å². The van der Waals surface area contributed by atoms with Crippen molar-refractivity contribution in [3.8, 4) is 0 Å². The summed E-state index contributed by atoms with van der Waals surface area (Å²) in [5.41, 5.74) is 1.75. The zero-order chi connectivity index (χ0) is 19.9. The predicted octanol–water partition coefficient (Wildman–Crippen LogP) is 3.28. The van der Waals surface area contributed by atoms with Crippen molar-refractivity contribution in [3.63, 3.8) is 0 Å². The van der Waals surface area contributed by atoms with Crippen molar-refractivity contribution in [1.29, 1.82) is 0 Å². The number of carbonyl (C=O) groups is 2. The summed E-state index contributed by atoms with van der Waals surface area (Å²) in [6, 6.07) is 4.27. The van der Waals surface area contributed by atoms with Gasteiger partial charge in [-0.25, -0.2) is 4.79 Å². The summed E-state index contributed by atoms with van der Waals surface area (Å²) < 4.78 is 45.3. The minimum absolute atomic E-state index is 0.0533. The minimum Gasteiger partial charge on any atom is -0.362 e. The lowest BCUT2D eigenvalue weighted by molar-refractivity contribution is -0.255. The Morgan fingerprint density at radius 3 is 2.68 bits per heavy atom. The SMILES string of the molecule is O=C1NCc2cc(NC(=O)N3CC(C4CCCC4)OC(C(F)(F)F)C3)ccc21. The molecule has 0 radical (unpaired) electrons. The van der Waals surface area contributed by atoms with Gasteiger partial charge in [0.1, 0.15) is 0 Å². The van der Waals surface area contributed by atoms with Gasteiger partial charge in [0.25, 0.3) is 5.91 Å². The summed E-state index contributed by atoms with van der Waals surface area (Å²) in [5.74, 6) is -0.119. The number of hydrogen-bond donors (Lipinski definition) is 2. The summed E-state index contributed by atoms with van der Waals surface area (Å²) in [7, 11) is 0. The molecule has 2 atom stereocenters. The number of alkyl halides is 3. The normalized spacial score (nSPS) is 25.5. The number of nitrogens with zero attached hydrogens (tertiary/aromatic N) is 1. The number of urea groups is 1. The van der Waals surface area contributed by atoms with E-state index < -0.39 is 31.0 Å². The first-order valence-corrected chi connectivity index (χ1v) is 9.50. The molecular formula is C19H22F3N3O3. The van der Waals surface area contributed by atoms with Crippen molar-refractivity contribution in [2.24, 2.45) is 5.92 Å². The van der Waals surface area contributed by atoms with Crippen molar-refractivity contribution >= 4 is 17.6 Å². The highest BCUT2D eigenvalue weighted by atomic mass is 19.4. The molecule has 2 fully saturated rings. The highest BCUT2D eigenvalue weighted by molar-refractivity contribution is 5.99. The maximum Gasteiger partial charge on any atom is 0.416 e. The molecule has 0 aromatic heterocycles. The molecule has 0 spiro atoms. The summed E-state index contributed by atoms with van der Waals surface area (Å²) in [6.07, 6.45) is -3.47.